The standard InChI is InChI=1S/C13H18N2O2/c1-9-3-4-12(17-2)11(5-9)13(16)15-7-10(6-14)8-15/h3-5,10H,6-8,14H2,1-2H3. The molecule has 4 heteroatoms. The highest BCUT2D eigenvalue weighted by Gasteiger charge is 2.31. The normalized spacial score (nSPS) is 15.6. The third-order valence-corrected chi connectivity index (χ3v) is 3.16. The van der Waals surface area contributed by atoms with Gasteiger partial charge in [-0.3, -0.25) is 4.79 Å². The Labute approximate surface area is 101 Å². The Morgan fingerprint density at radius 1 is 1.53 bits per heavy atom. The average Bonchev–Trinajstić information content (AvgIpc) is 2.27. The molecule has 1 aromatic rings. The fourth-order valence-electron chi connectivity index (χ4n) is 2.04. The molecular formula is C13H18N2O2. The molecule has 1 aliphatic rings. The molecule has 0 radical (unpaired) electrons. The van der Waals surface area contributed by atoms with Crippen LogP contribution in [0.25, 0.3) is 0 Å². The first-order chi connectivity index (χ1) is 8.15. The zero-order valence-corrected chi connectivity index (χ0v) is 10.3. The molecular weight excluding hydrogens is 216 g/mol. The molecule has 1 heterocycles. The van der Waals surface area contributed by atoms with Crippen LogP contribution in [-0.4, -0.2) is 37.6 Å². The largest absolute Gasteiger partial charge is 0.496 e. The van der Waals surface area contributed by atoms with Crippen molar-refractivity contribution in [1.29, 1.82) is 0 Å². The van der Waals surface area contributed by atoms with Crippen molar-refractivity contribution in [3.8, 4) is 5.75 Å². The first-order valence-corrected chi connectivity index (χ1v) is 5.79. The van der Waals surface area contributed by atoms with Gasteiger partial charge in [0.2, 0.25) is 0 Å². The first kappa shape index (κ1) is 11.9. The molecule has 17 heavy (non-hydrogen) atoms. The summed E-state index contributed by atoms with van der Waals surface area (Å²) < 4.78 is 5.22. The Kier molecular flexibility index (Phi) is 3.33. The molecule has 0 unspecified atom stereocenters. The number of benzene rings is 1. The monoisotopic (exact) mass is 234 g/mol. The van der Waals surface area contributed by atoms with Gasteiger partial charge >= 0.3 is 0 Å². The molecule has 2 rings (SSSR count). The highest BCUT2D eigenvalue weighted by molar-refractivity contribution is 5.97. The van der Waals surface area contributed by atoms with Crippen molar-refractivity contribution in [2.45, 2.75) is 6.92 Å². The van der Waals surface area contributed by atoms with Crippen molar-refractivity contribution in [1.82, 2.24) is 4.90 Å². The molecule has 1 aliphatic heterocycles. The zero-order chi connectivity index (χ0) is 12.4. The predicted molar refractivity (Wildman–Crippen MR) is 66.2 cm³/mol. The van der Waals surface area contributed by atoms with Crippen molar-refractivity contribution in [2.24, 2.45) is 11.7 Å². The van der Waals surface area contributed by atoms with Crippen LogP contribution in [0.1, 0.15) is 15.9 Å². The summed E-state index contributed by atoms with van der Waals surface area (Å²) in [4.78, 5) is 14.0. The van der Waals surface area contributed by atoms with Crippen molar-refractivity contribution in [2.75, 3.05) is 26.7 Å². The summed E-state index contributed by atoms with van der Waals surface area (Å²) in [6.45, 7) is 4.13. The minimum Gasteiger partial charge on any atom is -0.496 e. The number of hydrogen-bond acceptors (Lipinski definition) is 3. The minimum absolute atomic E-state index is 0.0373. The van der Waals surface area contributed by atoms with Gasteiger partial charge in [0.15, 0.2) is 0 Å². The van der Waals surface area contributed by atoms with Crippen molar-refractivity contribution in [3.05, 3.63) is 29.3 Å². The number of amides is 1. The lowest BCUT2D eigenvalue weighted by molar-refractivity contribution is 0.0512. The second-order valence-corrected chi connectivity index (χ2v) is 4.52. The van der Waals surface area contributed by atoms with Crippen LogP contribution in [-0.2, 0) is 0 Å². The molecule has 0 aromatic heterocycles. The molecule has 0 saturated carbocycles. The number of rotatable bonds is 3. The first-order valence-electron chi connectivity index (χ1n) is 5.79. The van der Waals surface area contributed by atoms with Gasteiger partial charge in [0, 0.05) is 19.0 Å². The topological polar surface area (TPSA) is 55.6 Å². The molecule has 1 saturated heterocycles. The van der Waals surface area contributed by atoms with Crippen LogP contribution in [0.2, 0.25) is 0 Å². The summed E-state index contributed by atoms with van der Waals surface area (Å²) >= 11 is 0. The molecule has 1 fully saturated rings. The Morgan fingerprint density at radius 2 is 2.24 bits per heavy atom. The number of hydrogen-bond donors (Lipinski definition) is 1. The van der Waals surface area contributed by atoms with Crippen LogP contribution in [0.5, 0.6) is 5.75 Å². The Hall–Kier alpha value is -1.55. The van der Waals surface area contributed by atoms with Crippen LogP contribution in [0.4, 0.5) is 0 Å². The molecule has 4 nitrogen and oxygen atoms in total. The van der Waals surface area contributed by atoms with E-state index in [2.05, 4.69) is 0 Å². The number of likely N-dealkylation sites (tertiary alicyclic amines) is 1. The molecule has 1 amide bonds. The van der Waals surface area contributed by atoms with E-state index < -0.39 is 0 Å². The van der Waals surface area contributed by atoms with Crippen LogP contribution in [0.3, 0.4) is 0 Å². The van der Waals surface area contributed by atoms with Crippen molar-refractivity contribution >= 4 is 5.91 Å². The summed E-state index contributed by atoms with van der Waals surface area (Å²) in [7, 11) is 1.58. The molecule has 2 N–H and O–H groups in total. The maximum atomic E-state index is 12.2. The molecule has 0 atom stereocenters. The lowest BCUT2D eigenvalue weighted by atomic mass is 9.98. The van der Waals surface area contributed by atoms with E-state index in [-0.39, 0.29) is 5.91 Å². The highest BCUT2D eigenvalue weighted by Crippen LogP contribution is 2.24. The third kappa shape index (κ3) is 2.26. The molecule has 0 bridgehead atoms. The van der Waals surface area contributed by atoms with E-state index >= 15 is 0 Å². The van der Waals surface area contributed by atoms with Gasteiger partial charge in [-0.05, 0) is 25.6 Å². The van der Waals surface area contributed by atoms with Crippen LogP contribution < -0.4 is 10.5 Å². The summed E-state index contributed by atoms with van der Waals surface area (Å²) in [5, 5.41) is 0. The van der Waals surface area contributed by atoms with E-state index in [1.54, 1.807) is 7.11 Å². The highest BCUT2D eigenvalue weighted by atomic mass is 16.5. The van der Waals surface area contributed by atoms with E-state index in [1.165, 1.54) is 0 Å². The van der Waals surface area contributed by atoms with E-state index in [0.29, 0.717) is 23.8 Å². The second-order valence-electron chi connectivity index (χ2n) is 4.52. The Morgan fingerprint density at radius 3 is 2.82 bits per heavy atom. The number of nitrogens with zero attached hydrogens (tertiary/aromatic N) is 1. The minimum atomic E-state index is 0.0373. The predicted octanol–water partition coefficient (Wildman–Crippen LogP) is 1.03. The van der Waals surface area contributed by atoms with Gasteiger partial charge in [-0.15, -0.1) is 0 Å². The van der Waals surface area contributed by atoms with Gasteiger partial charge in [0.05, 0.1) is 12.7 Å². The fraction of sp³-hybridized carbons (Fsp3) is 0.462. The lowest BCUT2D eigenvalue weighted by Gasteiger charge is -2.38. The number of carbonyl (C=O) groups is 1. The zero-order valence-electron chi connectivity index (χ0n) is 10.3. The number of methoxy groups -OCH3 is 1. The number of nitrogens with two attached hydrogens (primary N) is 1. The molecule has 0 spiro atoms. The van der Waals surface area contributed by atoms with Crippen molar-refractivity contribution < 1.29 is 9.53 Å². The lowest BCUT2D eigenvalue weighted by Crippen LogP contribution is -2.52. The quantitative estimate of drug-likeness (QED) is 0.850. The number of ether oxygens (including phenoxy) is 1. The van der Waals surface area contributed by atoms with E-state index in [0.717, 1.165) is 18.7 Å². The van der Waals surface area contributed by atoms with Crippen LogP contribution >= 0.6 is 0 Å². The summed E-state index contributed by atoms with van der Waals surface area (Å²) in [6, 6.07) is 5.65. The van der Waals surface area contributed by atoms with E-state index in [9.17, 15) is 4.79 Å². The number of carbonyl (C=O) groups excluding carboxylic acids is 1. The maximum Gasteiger partial charge on any atom is 0.257 e. The summed E-state index contributed by atoms with van der Waals surface area (Å²) in [5.41, 5.74) is 7.25. The summed E-state index contributed by atoms with van der Waals surface area (Å²) in [6.07, 6.45) is 0. The van der Waals surface area contributed by atoms with E-state index in [4.69, 9.17) is 10.5 Å². The van der Waals surface area contributed by atoms with Gasteiger partial charge in [0.25, 0.3) is 5.91 Å². The SMILES string of the molecule is COc1ccc(C)cc1C(=O)N1CC(CN)C1. The maximum absolute atomic E-state index is 12.2. The summed E-state index contributed by atoms with van der Waals surface area (Å²) in [5.74, 6) is 1.13. The van der Waals surface area contributed by atoms with Crippen LogP contribution in [0.15, 0.2) is 18.2 Å². The van der Waals surface area contributed by atoms with Crippen LogP contribution in [0, 0.1) is 12.8 Å². The third-order valence-electron chi connectivity index (χ3n) is 3.16. The average molecular weight is 234 g/mol. The molecule has 1 aromatic carbocycles. The van der Waals surface area contributed by atoms with Gasteiger partial charge < -0.3 is 15.4 Å². The Bertz CT molecular complexity index is 425. The van der Waals surface area contributed by atoms with Gasteiger partial charge in [-0.25, -0.2) is 0 Å². The fourth-order valence-corrected chi connectivity index (χ4v) is 2.04. The van der Waals surface area contributed by atoms with Gasteiger partial charge in [-0.2, -0.15) is 0 Å². The van der Waals surface area contributed by atoms with E-state index in [1.807, 2.05) is 30.0 Å². The molecule has 0 aliphatic carbocycles. The van der Waals surface area contributed by atoms with Crippen molar-refractivity contribution in [3.63, 3.8) is 0 Å². The molecule has 92 valence electrons. The van der Waals surface area contributed by atoms with Gasteiger partial charge in [0.1, 0.15) is 5.75 Å². The van der Waals surface area contributed by atoms with Gasteiger partial charge in [-0.1, -0.05) is 11.6 Å². The second kappa shape index (κ2) is 4.75. The smallest absolute Gasteiger partial charge is 0.257 e. The number of aryl methyl sites for hydroxylation is 1. The Balaban J connectivity index is 2.16.